The SMILES string of the molecule is CCCNC(CCN1CCC(CO)C1)c1ccc(Br)cc1. The van der Waals surface area contributed by atoms with Gasteiger partial charge in [-0.05, 0) is 62.5 Å². The molecule has 1 aromatic carbocycles. The molecular formula is C17H27BrN2O. The maximum atomic E-state index is 9.24. The van der Waals surface area contributed by atoms with Crippen LogP contribution >= 0.6 is 15.9 Å². The molecule has 1 saturated heterocycles. The summed E-state index contributed by atoms with van der Waals surface area (Å²) >= 11 is 3.50. The average molecular weight is 355 g/mol. The van der Waals surface area contributed by atoms with Gasteiger partial charge in [0.15, 0.2) is 0 Å². The molecule has 4 heteroatoms. The number of hydrogen-bond acceptors (Lipinski definition) is 3. The smallest absolute Gasteiger partial charge is 0.0471 e. The van der Waals surface area contributed by atoms with E-state index in [2.05, 4.69) is 57.3 Å². The summed E-state index contributed by atoms with van der Waals surface area (Å²) in [7, 11) is 0. The fraction of sp³-hybridized carbons (Fsp3) is 0.647. The molecule has 1 fully saturated rings. The van der Waals surface area contributed by atoms with Gasteiger partial charge in [-0.15, -0.1) is 0 Å². The molecule has 3 nitrogen and oxygen atoms in total. The third kappa shape index (κ3) is 5.37. The maximum Gasteiger partial charge on any atom is 0.0471 e. The van der Waals surface area contributed by atoms with Gasteiger partial charge >= 0.3 is 0 Å². The third-order valence-electron chi connectivity index (χ3n) is 4.28. The van der Waals surface area contributed by atoms with Crippen molar-refractivity contribution in [2.24, 2.45) is 5.92 Å². The van der Waals surface area contributed by atoms with Crippen LogP contribution in [0, 0.1) is 5.92 Å². The van der Waals surface area contributed by atoms with Crippen LogP contribution in [0.25, 0.3) is 0 Å². The van der Waals surface area contributed by atoms with Crippen LogP contribution in [-0.2, 0) is 0 Å². The lowest BCUT2D eigenvalue weighted by molar-refractivity contribution is 0.219. The number of rotatable bonds is 8. The predicted octanol–water partition coefficient (Wildman–Crippen LogP) is 3.19. The van der Waals surface area contributed by atoms with E-state index in [1.165, 1.54) is 5.56 Å². The average Bonchev–Trinajstić information content (AvgIpc) is 2.97. The van der Waals surface area contributed by atoms with E-state index in [4.69, 9.17) is 0 Å². The van der Waals surface area contributed by atoms with Crippen LogP contribution in [0.15, 0.2) is 28.7 Å². The van der Waals surface area contributed by atoms with E-state index in [1.807, 2.05) is 0 Å². The van der Waals surface area contributed by atoms with Gasteiger partial charge in [-0.2, -0.15) is 0 Å². The molecule has 0 bridgehead atoms. The Morgan fingerprint density at radius 3 is 2.76 bits per heavy atom. The standard InChI is InChI=1S/C17H27BrN2O/c1-2-9-19-17(15-3-5-16(18)6-4-15)8-11-20-10-7-14(12-20)13-21/h3-6,14,17,19,21H,2,7-13H2,1H3. The summed E-state index contributed by atoms with van der Waals surface area (Å²) in [6.45, 7) is 6.88. The van der Waals surface area contributed by atoms with Gasteiger partial charge in [-0.3, -0.25) is 0 Å². The van der Waals surface area contributed by atoms with Crippen molar-refractivity contribution in [1.29, 1.82) is 0 Å². The quantitative estimate of drug-likeness (QED) is 0.752. The molecular weight excluding hydrogens is 328 g/mol. The highest BCUT2D eigenvalue weighted by molar-refractivity contribution is 9.10. The molecule has 2 atom stereocenters. The highest BCUT2D eigenvalue weighted by Gasteiger charge is 2.22. The normalized spacial score (nSPS) is 20.8. The molecule has 2 unspecified atom stereocenters. The van der Waals surface area contributed by atoms with Crippen LogP contribution in [0.1, 0.15) is 37.8 Å². The first-order valence-corrected chi connectivity index (χ1v) is 8.84. The Morgan fingerprint density at radius 1 is 1.38 bits per heavy atom. The number of nitrogens with zero attached hydrogens (tertiary/aromatic N) is 1. The third-order valence-corrected chi connectivity index (χ3v) is 4.80. The second-order valence-electron chi connectivity index (χ2n) is 5.98. The number of halogens is 1. The minimum atomic E-state index is 0.334. The lowest BCUT2D eigenvalue weighted by Crippen LogP contribution is -2.29. The van der Waals surface area contributed by atoms with Crippen molar-refractivity contribution in [2.45, 2.75) is 32.2 Å². The van der Waals surface area contributed by atoms with E-state index in [0.717, 1.165) is 49.9 Å². The van der Waals surface area contributed by atoms with Gasteiger partial charge in [0.2, 0.25) is 0 Å². The Labute approximate surface area is 136 Å². The number of aliphatic hydroxyl groups excluding tert-OH is 1. The Bertz CT molecular complexity index is 410. The second-order valence-corrected chi connectivity index (χ2v) is 6.90. The van der Waals surface area contributed by atoms with Gasteiger partial charge in [-0.25, -0.2) is 0 Å². The number of likely N-dealkylation sites (tertiary alicyclic amines) is 1. The summed E-state index contributed by atoms with van der Waals surface area (Å²) in [4.78, 5) is 2.49. The molecule has 0 radical (unpaired) electrons. The monoisotopic (exact) mass is 354 g/mol. The first kappa shape index (κ1) is 16.9. The van der Waals surface area contributed by atoms with E-state index in [1.54, 1.807) is 0 Å². The van der Waals surface area contributed by atoms with Crippen molar-refractivity contribution >= 4 is 15.9 Å². The van der Waals surface area contributed by atoms with Crippen molar-refractivity contribution in [3.63, 3.8) is 0 Å². The van der Waals surface area contributed by atoms with Crippen LogP contribution in [-0.4, -0.2) is 42.8 Å². The Hall–Kier alpha value is -0.420. The molecule has 0 saturated carbocycles. The summed E-state index contributed by atoms with van der Waals surface area (Å²) in [5.41, 5.74) is 1.37. The van der Waals surface area contributed by atoms with Gasteiger partial charge in [0, 0.05) is 23.7 Å². The zero-order chi connectivity index (χ0) is 15.1. The predicted molar refractivity (Wildman–Crippen MR) is 91.4 cm³/mol. The Kier molecular flexibility index (Phi) is 7.17. The molecule has 0 aliphatic carbocycles. The molecule has 2 N–H and O–H groups in total. The van der Waals surface area contributed by atoms with E-state index in [9.17, 15) is 5.11 Å². The lowest BCUT2D eigenvalue weighted by atomic mass is 10.0. The van der Waals surface area contributed by atoms with Crippen LogP contribution in [0.3, 0.4) is 0 Å². The van der Waals surface area contributed by atoms with Crippen molar-refractivity contribution < 1.29 is 5.11 Å². The summed E-state index contributed by atoms with van der Waals surface area (Å²) in [6, 6.07) is 9.07. The highest BCUT2D eigenvalue weighted by atomic mass is 79.9. The fourth-order valence-electron chi connectivity index (χ4n) is 2.98. The van der Waals surface area contributed by atoms with Crippen LogP contribution < -0.4 is 5.32 Å². The molecule has 0 aromatic heterocycles. The van der Waals surface area contributed by atoms with E-state index < -0.39 is 0 Å². The second kappa shape index (κ2) is 8.89. The van der Waals surface area contributed by atoms with Gasteiger partial charge in [0.05, 0.1) is 0 Å². The summed E-state index contributed by atoms with van der Waals surface area (Å²) < 4.78 is 1.13. The van der Waals surface area contributed by atoms with Gasteiger partial charge in [0.25, 0.3) is 0 Å². The molecule has 0 spiro atoms. The van der Waals surface area contributed by atoms with Gasteiger partial charge in [0.1, 0.15) is 0 Å². The van der Waals surface area contributed by atoms with Crippen molar-refractivity contribution in [2.75, 3.05) is 32.8 Å². The first-order valence-electron chi connectivity index (χ1n) is 8.05. The largest absolute Gasteiger partial charge is 0.396 e. The summed E-state index contributed by atoms with van der Waals surface area (Å²) in [5.74, 6) is 0.486. The molecule has 118 valence electrons. The first-order chi connectivity index (χ1) is 10.2. The number of aliphatic hydroxyl groups is 1. The molecule has 1 aliphatic rings. The lowest BCUT2D eigenvalue weighted by Gasteiger charge is -2.23. The zero-order valence-corrected chi connectivity index (χ0v) is 14.5. The highest BCUT2D eigenvalue weighted by Crippen LogP contribution is 2.22. The van der Waals surface area contributed by atoms with Crippen LogP contribution in [0.2, 0.25) is 0 Å². The maximum absolute atomic E-state index is 9.24. The van der Waals surface area contributed by atoms with E-state index in [-0.39, 0.29) is 0 Å². The van der Waals surface area contributed by atoms with Crippen molar-refractivity contribution in [1.82, 2.24) is 10.2 Å². The molecule has 1 aliphatic heterocycles. The zero-order valence-electron chi connectivity index (χ0n) is 12.9. The van der Waals surface area contributed by atoms with Crippen LogP contribution in [0.4, 0.5) is 0 Å². The van der Waals surface area contributed by atoms with Gasteiger partial charge < -0.3 is 15.3 Å². The van der Waals surface area contributed by atoms with E-state index in [0.29, 0.717) is 18.6 Å². The fourth-order valence-corrected chi connectivity index (χ4v) is 3.24. The molecule has 1 heterocycles. The van der Waals surface area contributed by atoms with Gasteiger partial charge in [-0.1, -0.05) is 35.0 Å². The number of hydrogen-bond donors (Lipinski definition) is 2. The van der Waals surface area contributed by atoms with Crippen molar-refractivity contribution in [3.8, 4) is 0 Å². The number of nitrogens with one attached hydrogen (secondary N) is 1. The molecule has 21 heavy (non-hydrogen) atoms. The minimum Gasteiger partial charge on any atom is -0.396 e. The minimum absolute atomic E-state index is 0.334. The summed E-state index contributed by atoms with van der Waals surface area (Å²) in [5, 5.41) is 12.9. The summed E-state index contributed by atoms with van der Waals surface area (Å²) in [6.07, 6.45) is 3.42. The van der Waals surface area contributed by atoms with Crippen LogP contribution in [0.5, 0.6) is 0 Å². The molecule has 2 rings (SSSR count). The van der Waals surface area contributed by atoms with E-state index >= 15 is 0 Å². The topological polar surface area (TPSA) is 35.5 Å². The number of benzene rings is 1. The molecule has 1 aromatic rings. The Morgan fingerprint density at radius 2 is 2.14 bits per heavy atom. The molecule has 0 amide bonds. The van der Waals surface area contributed by atoms with Crippen molar-refractivity contribution in [3.05, 3.63) is 34.3 Å². The Balaban J connectivity index is 1.89.